The highest BCUT2D eigenvalue weighted by Crippen LogP contribution is 2.37. The maximum Gasteiger partial charge on any atom is 0.290 e. The lowest BCUT2D eigenvalue weighted by Crippen LogP contribution is -2.37. The van der Waals surface area contributed by atoms with Gasteiger partial charge in [-0.15, -0.1) is 0 Å². The second-order valence-electron chi connectivity index (χ2n) is 9.82. The Hall–Kier alpha value is -3.64. The number of para-hydroxylation sites is 1. The van der Waals surface area contributed by atoms with Crippen LogP contribution in [0.25, 0.3) is 11.1 Å². The Balaban J connectivity index is 0.00000127. The standard InChI is InChI=1S/C31H37NO3.CH2O2/c1-4-5-6-9-18-35-29-11-8-7-10-28(29)31(34)32(27-16-17-27)30(33)25-14-12-24(13-15-25)26-20-22(2)19-23(3)21-26;2-1-3/h7-8,10-15,19-21,27,31,34H,4-6,9,16-18H2,1-3H3;1H,(H,2,3). The van der Waals surface area contributed by atoms with Crippen LogP contribution in [0.5, 0.6) is 5.75 Å². The van der Waals surface area contributed by atoms with Crippen LogP contribution in [0.2, 0.25) is 0 Å². The van der Waals surface area contributed by atoms with Crippen molar-refractivity contribution in [1.29, 1.82) is 0 Å². The molecule has 1 amide bonds. The first-order chi connectivity index (χ1) is 18.4. The molecule has 1 fully saturated rings. The van der Waals surface area contributed by atoms with E-state index in [0.717, 1.165) is 36.8 Å². The topological polar surface area (TPSA) is 87.1 Å². The lowest BCUT2D eigenvalue weighted by molar-refractivity contribution is -0.122. The molecule has 1 unspecified atom stereocenters. The van der Waals surface area contributed by atoms with Crippen LogP contribution in [0.3, 0.4) is 0 Å². The number of ether oxygens (including phenoxy) is 1. The molecule has 2 N–H and O–H groups in total. The van der Waals surface area contributed by atoms with Gasteiger partial charge < -0.3 is 19.8 Å². The number of hydrogen-bond acceptors (Lipinski definition) is 4. The van der Waals surface area contributed by atoms with E-state index < -0.39 is 6.23 Å². The quantitative estimate of drug-likeness (QED) is 0.164. The highest BCUT2D eigenvalue weighted by atomic mass is 16.5. The molecule has 38 heavy (non-hydrogen) atoms. The van der Waals surface area contributed by atoms with E-state index in [1.807, 2.05) is 48.5 Å². The number of aliphatic hydroxyl groups excluding tert-OH is 1. The molecule has 1 atom stereocenters. The number of carboxylic acid groups (broad SMARTS) is 1. The highest BCUT2D eigenvalue weighted by Gasteiger charge is 2.38. The van der Waals surface area contributed by atoms with Crippen molar-refractivity contribution in [2.75, 3.05) is 6.61 Å². The first-order valence-electron chi connectivity index (χ1n) is 13.4. The number of benzene rings is 3. The third-order valence-electron chi connectivity index (χ3n) is 6.58. The van der Waals surface area contributed by atoms with Gasteiger partial charge in [0.15, 0.2) is 6.23 Å². The number of carbonyl (C=O) groups is 2. The monoisotopic (exact) mass is 517 g/mol. The van der Waals surface area contributed by atoms with Crippen molar-refractivity contribution in [1.82, 2.24) is 4.90 Å². The number of amides is 1. The summed E-state index contributed by atoms with van der Waals surface area (Å²) >= 11 is 0. The second-order valence-corrected chi connectivity index (χ2v) is 9.82. The lowest BCUT2D eigenvalue weighted by Gasteiger charge is -2.29. The first-order valence-corrected chi connectivity index (χ1v) is 13.4. The van der Waals surface area contributed by atoms with Crippen LogP contribution in [-0.4, -0.2) is 40.1 Å². The Kier molecular flexibility index (Phi) is 10.9. The maximum atomic E-state index is 13.6. The van der Waals surface area contributed by atoms with Gasteiger partial charge in [-0.05, 0) is 62.4 Å². The summed E-state index contributed by atoms with van der Waals surface area (Å²) < 4.78 is 6.03. The van der Waals surface area contributed by atoms with Crippen molar-refractivity contribution in [3.8, 4) is 16.9 Å². The van der Waals surface area contributed by atoms with Crippen LogP contribution in [0.15, 0.2) is 66.7 Å². The van der Waals surface area contributed by atoms with E-state index in [0.29, 0.717) is 23.5 Å². The van der Waals surface area contributed by atoms with Gasteiger partial charge in [0.1, 0.15) is 5.75 Å². The molecule has 4 rings (SSSR count). The van der Waals surface area contributed by atoms with Gasteiger partial charge in [0.25, 0.3) is 12.4 Å². The Labute approximate surface area is 225 Å². The van der Waals surface area contributed by atoms with Gasteiger partial charge >= 0.3 is 0 Å². The Morgan fingerprint density at radius 1 is 0.974 bits per heavy atom. The second kappa shape index (κ2) is 14.3. The molecule has 1 aliphatic carbocycles. The molecule has 0 aromatic heterocycles. The minimum absolute atomic E-state index is 0.0502. The fourth-order valence-corrected chi connectivity index (χ4v) is 4.61. The average molecular weight is 518 g/mol. The van der Waals surface area contributed by atoms with Gasteiger partial charge in [-0.2, -0.15) is 0 Å². The van der Waals surface area contributed by atoms with Crippen LogP contribution in [0.1, 0.15) is 78.7 Å². The van der Waals surface area contributed by atoms with Crippen LogP contribution >= 0.6 is 0 Å². The summed E-state index contributed by atoms with van der Waals surface area (Å²) in [7, 11) is 0. The average Bonchev–Trinajstić information content (AvgIpc) is 3.74. The number of nitrogens with zero attached hydrogens (tertiary/aromatic N) is 1. The van der Waals surface area contributed by atoms with Crippen molar-refractivity contribution >= 4 is 12.4 Å². The zero-order valence-electron chi connectivity index (χ0n) is 22.6. The fraction of sp³-hybridized carbons (Fsp3) is 0.375. The summed E-state index contributed by atoms with van der Waals surface area (Å²) in [5.74, 6) is 0.504. The number of unbranched alkanes of at least 4 members (excludes halogenated alkanes) is 3. The molecule has 0 radical (unpaired) electrons. The van der Waals surface area contributed by atoms with Gasteiger partial charge in [-0.1, -0.05) is 85.8 Å². The molecule has 1 aliphatic rings. The zero-order valence-corrected chi connectivity index (χ0v) is 22.6. The van der Waals surface area contributed by atoms with Crippen LogP contribution in [0.4, 0.5) is 0 Å². The third-order valence-corrected chi connectivity index (χ3v) is 6.58. The predicted octanol–water partition coefficient (Wildman–Crippen LogP) is 6.93. The van der Waals surface area contributed by atoms with Crippen molar-refractivity contribution in [3.05, 3.63) is 89.0 Å². The summed E-state index contributed by atoms with van der Waals surface area (Å²) in [6, 6.07) is 21.8. The number of carbonyl (C=O) groups excluding carboxylic acids is 1. The summed E-state index contributed by atoms with van der Waals surface area (Å²) in [5, 5.41) is 18.3. The van der Waals surface area contributed by atoms with Gasteiger partial charge in [0.05, 0.1) is 6.61 Å². The van der Waals surface area contributed by atoms with Crippen molar-refractivity contribution in [2.24, 2.45) is 0 Å². The molecule has 3 aromatic rings. The minimum Gasteiger partial charge on any atom is -0.493 e. The number of aliphatic hydroxyl groups is 1. The van der Waals surface area contributed by atoms with Crippen LogP contribution in [-0.2, 0) is 4.79 Å². The molecule has 0 saturated heterocycles. The van der Waals surface area contributed by atoms with Gasteiger partial charge in [-0.3, -0.25) is 9.59 Å². The molecule has 202 valence electrons. The summed E-state index contributed by atoms with van der Waals surface area (Å²) in [4.78, 5) is 23.6. The van der Waals surface area contributed by atoms with E-state index in [4.69, 9.17) is 14.6 Å². The molecule has 0 aliphatic heterocycles. The Morgan fingerprint density at radius 3 is 2.21 bits per heavy atom. The molecule has 0 spiro atoms. The molecule has 6 nitrogen and oxygen atoms in total. The van der Waals surface area contributed by atoms with E-state index in [-0.39, 0.29) is 18.4 Å². The fourth-order valence-electron chi connectivity index (χ4n) is 4.61. The SMILES string of the molecule is CCCCCCOc1ccccc1C(O)N(C(=O)c1ccc(-c2cc(C)cc(C)c2)cc1)C1CC1.O=CO. The largest absolute Gasteiger partial charge is 0.493 e. The number of aryl methyl sites for hydroxylation is 2. The van der Waals surface area contributed by atoms with Crippen molar-refractivity contribution in [3.63, 3.8) is 0 Å². The van der Waals surface area contributed by atoms with E-state index in [9.17, 15) is 9.90 Å². The van der Waals surface area contributed by atoms with Crippen LogP contribution in [0, 0.1) is 13.8 Å². The normalized spacial score (nSPS) is 13.2. The first kappa shape index (κ1) is 28.9. The van der Waals surface area contributed by atoms with E-state index in [1.165, 1.54) is 24.0 Å². The minimum atomic E-state index is -1.04. The van der Waals surface area contributed by atoms with Gasteiger partial charge in [0.2, 0.25) is 0 Å². The van der Waals surface area contributed by atoms with Crippen LogP contribution < -0.4 is 4.74 Å². The molecule has 0 heterocycles. The smallest absolute Gasteiger partial charge is 0.290 e. The van der Waals surface area contributed by atoms with Gasteiger partial charge in [0, 0.05) is 17.2 Å². The third kappa shape index (κ3) is 7.93. The number of hydrogen-bond donors (Lipinski definition) is 2. The predicted molar refractivity (Wildman–Crippen MR) is 150 cm³/mol. The molecular weight excluding hydrogens is 478 g/mol. The molecule has 1 saturated carbocycles. The summed E-state index contributed by atoms with van der Waals surface area (Å²) in [5.41, 5.74) is 5.89. The van der Waals surface area contributed by atoms with E-state index in [1.54, 1.807) is 4.90 Å². The van der Waals surface area contributed by atoms with Crippen molar-refractivity contribution < 1.29 is 24.5 Å². The molecule has 0 bridgehead atoms. The molecule has 6 heteroatoms. The highest BCUT2D eigenvalue weighted by molar-refractivity contribution is 5.95. The summed E-state index contributed by atoms with van der Waals surface area (Å²) in [6.07, 6.45) is 5.26. The summed E-state index contributed by atoms with van der Waals surface area (Å²) in [6.45, 7) is 6.74. The molecule has 3 aromatic carbocycles. The van der Waals surface area contributed by atoms with Crippen molar-refractivity contribution in [2.45, 2.75) is 71.6 Å². The van der Waals surface area contributed by atoms with Gasteiger partial charge in [-0.25, -0.2) is 0 Å². The Bertz CT molecular complexity index is 1170. The molecular formula is C32H39NO5. The lowest BCUT2D eigenvalue weighted by atomic mass is 9.99. The number of rotatable bonds is 11. The Morgan fingerprint density at radius 2 is 1.61 bits per heavy atom. The van der Waals surface area contributed by atoms with E-state index >= 15 is 0 Å². The van der Waals surface area contributed by atoms with E-state index in [2.05, 4.69) is 39.0 Å². The maximum absolute atomic E-state index is 13.6. The zero-order chi connectivity index (χ0) is 27.5.